The summed E-state index contributed by atoms with van der Waals surface area (Å²) in [4.78, 5) is 13.8. The van der Waals surface area contributed by atoms with Gasteiger partial charge in [0.05, 0.1) is 0 Å². The van der Waals surface area contributed by atoms with E-state index in [1.807, 2.05) is 4.90 Å². The molecule has 2 rings (SSSR count). The Morgan fingerprint density at radius 2 is 2.40 bits per heavy atom. The van der Waals surface area contributed by atoms with Crippen LogP contribution in [0.15, 0.2) is 21.2 Å². The van der Waals surface area contributed by atoms with Crippen LogP contribution in [0.4, 0.5) is 0 Å². The lowest BCUT2D eigenvalue weighted by molar-refractivity contribution is 0.0649. The monoisotopic (exact) mass is 271 g/mol. The van der Waals surface area contributed by atoms with Crippen LogP contribution < -0.4 is 0 Å². The third kappa shape index (κ3) is 2.43. The Balaban J connectivity index is 2.07. The van der Waals surface area contributed by atoms with Gasteiger partial charge in [0, 0.05) is 13.1 Å². The fraction of sp³-hybridized carbons (Fsp3) is 0.545. The van der Waals surface area contributed by atoms with Crippen LogP contribution in [0.3, 0.4) is 0 Å². The molecule has 0 radical (unpaired) electrons. The molecular weight excluding hydrogens is 258 g/mol. The Morgan fingerprint density at radius 3 is 3.00 bits per heavy atom. The lowest BCUT2D eigenvalue weighted by atomic mass is 10.0. The van der Waals surface area contributed by atoms with E-state index < -0.39 is 0 Å². The molecule has 1 unspecified atom stereocenters. The average molecular weight is 272 g/mol. The molecule has 1 aromatic rings. The van der Waals surface area contributed by atoms with Gasteiger partial charge in [-0.3, -0.25) is 4.79 Å². The summed E-state index contributed by atoms with van der Waals surface area (Å²) >= 11 is 3.20. The van der Waals surface area contributed by atoms with E-state index >= 15 is 0 Å². The van der Waals surface area contributed by atoms with Crippen molar-refractivity contribution in [3.8, 4) is 0 Å². The Morgan fingerprint density at radius 1 is 1.60 bits per heavy atom. The van der Waals surface area contributed by atoms with Crippen molar-refractivity contribution in [1.29, 1.82) is 0 Å². The molecule has 1 aromatic heterocycles. The van der Waals surface area contributed by atoms with Crippen molar-refractivity contribution < 1.29 is 9.21 Å². The second kappa shape index (κ2) is 4.39. The first-order valence-corrected chi connectivity index (χ1v) is 6.00. The molecule has 0 aliphatic carbocycles. The molecule has 0 bridgehead atoms. The van der Waals surface area contributed by atoms with Crippen LogP contribution in [0.25, 0.3) is 0 Å². The van der Waals surface area contributed by atoms with Gasteiger partial charge in [0.1, 0.15) is 0 Å². The van der Waals surface area contributed by atoms with E-state index in [9.17, 15) is 4.79 Å². The van der Waals surface area contributed by atoms with Gasteiger partial charge < -0.3 is 9.32 Å². The van der Waals surface area contributed by atoms with Crippen molar-refractivity contribution >= 4 is 21.8 Å². The van der Waals surface area contributed by atoms with E-state index in [4.69, 9.17) is 4.42 Å². The number of rotatable bonds is 1. The minimum absolute atomic E-state index is 0.00671. The van der Waals surface area contributed by atoms with Crippen molar-refractivity contribution in [3.63, 3.8) is 0 Å². The Kier molecular flexibility index (Phi) is 3.14. The van der Waals surface area contributed by atoms with Gasteiger partial charge in [-0.05, 0) is 46.8 Å². The highest BCUT2D eigenvalue weighted by atomic mass is 79.9. The number of hydrogen-bond acceptors (Lipinski definition) is 2. The molecule has 82 valence electrons. The summed E-state index contributed by atoms with van der Waals surface area (Å²) in [6.07, 6.45) is 2.31. The summed E-state index contributed by atoms with van der Waals surface area (Å²) in [5.41, 5.74) is 0. The lowest BCUT2D eigenvalue weighted by Gasteiger charge is -2.30. The molecular formula is C11H14BrNO2. The smallest absolute Gasteiger partial charge is 0.289 e. The van der Waals surface area contributed by atoms with Crippen molar-refractivity contribution in [2.24, 2.45) is 5.92 Å². The highest BCUT2D eigenvalue weighted by Crippen LogP contribution is 2.20. The average Bonchev–Trinajstić information content (AvgIpc) is 2.64. The minimum atomic E-state index is 0.00671. The lowest BCUT2D eigenvalue weighted by Crippen LogP contribution is -2.38. The number of likely N-dealkylation sites (tertiary alicyclic amines) is 1. The van der Waals surface area contributed by atoms with Gasteiger partial charge in [0.25, 0.3) is 5.91 Å². The van der Waals surface area contributed by atoms with Crippen molar-refractivity contribution in [1.82, 2.24) is 4.90 Å². The third-order valence-corrected chi connectivity index (χ3v) is 3.15. The summed E-state index contributed by atoms with van der Waals surface area (Å²) in [6, 6.07) is 3.46. The highest BCUT2D eigenvalue weighted by molar-refractivity contribution is 9.10. The first kappa shape index (κ1) is 10.7. The maximum Gasteiger partial charge on any atom is 0.289 e. The molecule has 1 atom stereocenters. The fourth-order valence-electron chi connectivity index (χ4n) is 1.96. The molecule has 1 aliphatic rings. The SMILES string of the molecule is CC1CCCN(C(=O)c2ccc(Br)o2)C1. The van der Waals surface area contributed by atoms with E-state index in [0.717, 1.165) is 19.5 Å². The largest absolute Gasteiger partial charge is 0.444 e. The minimum Gasteiger partial charge on any atom is -0.444 e. The van der Waals surface area contributed by atoms with E-state index in [1.54, 1.807) is 12.1 Å². The normalized spacial score (nSPS) is 21.7. The molecule has 1 aliphatic heterocycles. The van der Waals surface area contributed by atoms with Gasteiger partial charge in [-0.1, -0.05) is 6.92 Å². The van der Waals surface area contributed by atoms with Gasteiger partial charge in [-0.25, -0.2) is 0 Å². The van der Waals surface area contributed by atoms with E-state index in [-0.39, 0.29) is 5.91 Å². The van der Waals surface area contributed by atoms with Crippen LogP contribution in [0, 0.1) is 5.92 Å². The second-order valence-corrected chi connectivity index (χ2v) is 4.88. The first-order valence-electron chi connectivity index (χ1n) is 5.21. The molecule has 15 heavy (non-hydrogen) atoms. The molecule has 1 amide bonds. The maximum absolute atomic E-state index is 12.0. The summed E-state index contributed by atoms with van der Waals surface area (Å²) in [5, 5.41) is 0. The number of carbonyl (C=O) groups is 1. The van der Waals surface area contributed by atoms with Crippen LogP contribution in [-0.4, -0.2) is 23.9 Å². The van der Waals surface area contributed by atoms with Crippen LogP contribution >= 0.6 is 15.9 Å². The summed E-state index contributed by atoms with van der Waals surface area (Å²) in [7, 11) is 0. The van der Waals surface area contributed by atoms with E-state index in [1.165, 1.54) is 6.42 Å². The van der Waals surface area contributed by atoms with Crippen LogP contribution in [0.5, 0.6) is 0 Å². The topological polar surface area (TPSA) is 33.5 Å². The quantitative estimate of drug-likeness (QED) is 0.787. The molecule has 0 N–H and O–H groups in total. The molecule has 0 saturated carbocycles. The fourth-order valence-corrected chi connectivity index (χ4v) is 2.27. The molecule has 2 heterocycles. The number of amides is 1. The summed E-state index contributed by atoms with van der Waals surface area (Å²) in [5.74, 6) is 1.03. The molecule has 0 spiro atoms. The van der Waals surface area contributed by atoms with Gasteiger partial charge in [0.2, 0.25) is 0 Å². The molecule has 1 fully saturated rings. The third-order valence-electron chi connectivity index (χ3n) is 2.73. The molecule has 4 heteroatoms. The van der Waals surface area contributed by atoms with Gasteiger partial charge >= 0.3 is 0 Å². The first-order chi connectivity index (χ1) is 7.16. The number of carbonyl (C=O) groups excluding carboxylic acids is 1. The number of hydrogen-bond donors (Lipinski definition) is 0. The molecule has 0 aromatic carbocycles. The zero-order chi connectivity index (χ0) is 10.8. The van der Waals surface area contributed by atoms with Crippen LogP contribution in [0.1, 0.15) is 30.3 Å². The van der Waals surface area contributed by atoms with Crippen molar-refractivity contribution in [2.45, 2.75) is 19.8 Å². The Labute approximate surface area is 97.6 Å². The van der Waals surface area contributed by atoms with E-state index in [0.29, 0.717) is 16.3 Å². The molecule has 3 nitrogen and oxygen atoms in total. The van der Waals surface area contributed by atoms with Crippen LogP contribution in [-0.2, 0) is 0 Å². The number of nitrogens with zero attached hydrogens (tertiary/aromatic N) is 1. The van der Waals surface area contributed by atoms with Crippen molar-refractivity contribution in [3.05, 3.63) is 22.6 Å². The van der Waals surface area contributed by atoms with Gasteiger partial charge in [-0.15, -0.1) is 0 Å². The second-order valence-electron chi connectivity index (χ2n) is 4.10. The standard InChI is InChI=1S/C11H14BrNO2/c1-8-3-2-6-13(7-8)11(14)9-4-5-10(12)15-9/h4-5,8H,2-3,6-7H2,1H3. The number of piperidine rings is 1. The van der Waals surface area contributed by atoms with Crippen molar-refractivity contribution in [2.75, 3.05) is 13.1 Å². The number of furan rings is 1. The summed E-state index contributed by atoms with van der Waals surface area (Å²) < 4.78 is 5.87. The van der Waals surface area contributed by atoms with Crippen LogP contribution in [0.2, 0.25) is 0 Å². The predicted molar refractivity (Wildman–Crippen MR) is 60.7 cm³/mol. The van der Waals surface area contributed by atoms with Gasteiger partial charge in [-0.2, -0.15) is 0 Å². The van der Waals surface area contributed by atoms with Gasteiger partial charge in [0.15, 0.2) is 10.4 Å². The zero-order valence-corrected chi connectivity index (χ0v) is 10.3. The molecule has 1 saturated heterocycles. The van der Waals surface area contributed by atoms with E-state index in [2.05, 4.69) is 22.9 Å². The summed E-state index contributed by atoms with van der Waals surface area (Å²) in [6.45, 7) is 3.87. The zero-order valence-electron chi connectivity index (χ0n) is 8.70. The Hall–Kier alpha value is -0.770. The number of halogens is 1. The Bertz CT molecular complexity index is 361. The maximum atomic E-state index is 12.0. The highest BCUT2D eigenvalue weighted by Gasteiger charge is 2.23. The predicted octanol–water partition coefficient (Wildman–Crippen LogP) is 2.91.